The SMILES string of the molecule is CC/C=C\C/C=C\C/C=C\C/C=C\C/C=C\C/C=C\C/C=C\C/C=C\C/C=C\C/C=C\CCCCCCCCCCC(=O)NC(CO)C(O)CCCCCCCCCCCCCCCCCCCCCC. The van der Waals surface area contributed by atoms with Crippen molar-refractivity contribution in [2.45, 2.75) is 289 Å². The van der Waals surface area contributed by atoms with Gasteiger partial charge in [0.15, 0.2) is 0 Å². The van der Waals surface area contributed by atoms with Crippen LogP contribution >= 0.6 is 0 Å². The molecular weight excluding hydrogens is 867 g/mol. The largest absolute Gasteiger partial charge is 0.394 e. The molecule has 2 unspecified atom stereocenters. The minimum Gasteiger partial charge on any atom is -0.394 e. The van der Waals surface area contributed by atoms with Gasteiger partial charge in [0.05, 0.1) is 18.8 Å². The van der Waals surface area contributed by atoms with Crippen molar-refractivity contribution in [2.24, 2.45) is 0 Å². The monoisotopic (exact) mass is 982 g/mol. The average Bonchev–Trinajstić information content (AvgIpc) is 3.37. The molecule has 0 bridgehead atoms. The molecule has 406 valence electrons. The van der Waals surface area contributed by atoms with Crippen LogP contribution in [0.3, 0.4) is 0 Å². The number of rotatable bonds is 54. The van der Waals surface area contributed by atoms with Gasteiger partial charge in [0, 0.05) is 6.42 Å². The van der Waals surface area contributed by atoms with Gasteiger partial charge in [-0.25, -0.2) is 0 Å². The van der Waals surface area contributed by atoms with E-state index in [0.29, 0.717) is 12.8 Å². The Balaban J connectivity index is 3.59. The molecule has 4 heteroatoms. The minimum absolute atomic E-state index is 0.0423. The van der Waals surface area contributed by atoms with Gasteiger partial charge in [-0.2, -0.15) is 0 Å². The lowest BCUT2D eigenvalue weighted by Crippen LogP contribution is -2.45. The highest BCUT2D eigenvalue weighted by molar-refractivity contribution is 5.76. The number of nitrogens with one attached hydrogen (secondary N) is 1. The molecule has 0 aromatic rings. The van der Waals surface area contributed by atoms with E-state index in [1.54, 1.807) is 0 Å². The predicted octanol–water partition coefficient (Wildman–Crippen LogP) is 20.4. The van der Waals surface area contributed by atoms with E-state index in [9.17, 15) is 15.0 Å². The molecule has 1 amide bonds. The molecule has 4 nitrogen and oxygen atoms in total. The number of aliphatic hydroxyl groups is 2. The van der Waals surface area contributed by atoms with Crippen molar-refractivity contribution in [3.05, 3.63) is 122 Å². The third kappa shape index (κ3) is 57.6. The molecule has 0 fully saturated rings. The van der Waals surface area contributed by atoms with E-state index >= 15 is 0 Å². The normalized spacial score (nSPS) is 13.7. The third-order valence-corrected chi connectivity index (χ3v) is 13.2. The van der Waals surface area contributed by atoms with Gasteiger partial charge >= 0.3 is 0 Å². The van der Waals surface area contributed by atoms with E-state index in [4.69, 9.17) is 0 Å². The Kier molecular flexibility index (Phi) is 58.3. The van der Waals surface area contributed by atoms with E-state index in [0.717, 1.165) is 96.3 Å². The Morgan fingerprint density at radius 3 is 0.930 bits per heavy atom. The zero-order valence-electron chi connectivity index (χ0n) is 46.7. The van der Waals surface area contributed by atoms with E-state index < -0.39 is 12.1 Å². The van der Waals surface area contributed by atoms with Crippen molar-refractivity contribution in [1.82, 2.24) is 5.32 Å². The fourth-order valence-electron chi connectivity index (χ4n) is 8.68. The quantitative estimate of drug-likeness (QED) is 0.0420. The summed E-state index contributed by atoms with van der Waals surface area (Å²) in [6, 6.07) is -0.550. The predicted molar refractivity (Wildman–Crippen MR) is 317 cm³/mol. The van der Waals surface area contributed by atoms with Gasteiger partial charge in [-0.1, -0.05) is 302 Å². The average molecular weight is 983 g/mol. The maximum absolute atomic E-state index is 12.5. The van der Waals surface area contributed by atoms with Gasteiger partial charge in [0.2, 0.25) is 5.91 Å². The van der Waals surface area contributed by atoms with Gasteiger partial charge in [0.25, 0.3) is 0 Å². The number of hydrogen-bond donors (Lipinski definition) is 3. The Bertz CT molecular complexity index is 1390. The van der Waals surface area contributed by atoms with Crippen LogP contribution < -0.4 is 5.32 Å². The maximum atomic E-state index is 12.5. The molecule has 0 rings (SSSR count). The summed E-state index contributed by atoms with van der Waals surface area (Å²) in [5.41, 5.74) is 0. The van der Waals surface area contributed by atoms with Crippen molar-refractivity contribution in [2.75, 3.05) is 6.61 Å². The zero-order chi connectivity index (χ0) is 51.3. The Morgan fingerprint density at radius 2 is 0.620 bits per heavy atom. The number of carbonyl (C=O) groups is 1. The van der Waals surface area contributed by atoms with Crippen LogP contribution in [-0.2, 0) is 4.79 Å². The van der Waals surface area contributed by atoms with Crippen LogP contribution in [0.15, 0.2) is 122 Å². The lowest BCUT2D eigenvalue weighted by atomic mass is 10.0. The zero-order valence-corrected chi connectivity index (χ0v) is 46.7. The highest BCUT2D eigenvalue weighted by Crippen LogP contribution is 2.17. The lowest BCUT2D eigenvalue weighted by molar-refractivity contribution is -0.123. The van der Waals surface area contributed by atoms with Crippen LogP contribution in [0.5, 0.6) is 0 Å². The van der Waals surface area contributed by atoms with Crippen LogP contribution in [0.4, 0.5) is 0 Å². The Labute approximate surface area is 441 Å². The van der Waals surface area contributed by atoms with E-state index in [2.05, 4.69) is 141 Å². The number of amides is 1. The molecule has 0 aliphatic heterocycles. The van der Waals surface area contributed by atoms with E-state index in [1.807, 2.05) is 0 Å². The molecule has 2 atom stereocenters. The summed E-state index contributed by atoms with van der Waals surface area (Å²) in [6.07, 6.45) is 93.3. The summed E-state index contributed by atoms with van der Waals surface area (Å²) in [7, 11) is 0. The number of unbranched alkanes of at least 4 members (excludes halogenated alkanes) is 27. The van der Waals surface area contributed by atoms with Gasteiger partial charge in [0.1, 0.15) is 0 Å². The molecule has 71 heavy (non-hydrogen) atoms. The molecule has 3 N–H and O–H groups in total. The van der Waals surface area contributed by atoms with Crippen LogP contribution in [0.25, 0.3) is 0 Å². The van der Waals surface area contributed by atoms with Crippen molar-refractivity contribution < 1.29 is 15.0 Å². The topological polar surface area (TPSA) is 69.6 Å². The summed E-state index contributed by atoms with van der Waals surface area (Å²) < 4.78 is 0. The number of hydrogen-bond acceptors (Lipinski definition) is 3. The highest BCUT2D eigenvalue weighted by Gasteiger charge is 2.20. The second-order valence-electron chi connectivity index (χ2n) is 20.0. The first-order chi connectivity index (χ1) is 35.2. The molecule has 0 spiro atoms. The van der Waals surface area contributed by atoms with Gasteiger partial charge < -0.3 is 15.5 Å². The number of aliphatic hydroxyl groups excluding tert-OH is 2. The molecule has 0 aromatic heterocycles. The second kappa shape index (κ2) is 61.1. The van der Waals surface area contributed by atoms with Crippen LogP contribution in [-0.4, -0.2) is 34.9 Å². The fraction of sp³-hybridized carbons (Fsp3) is 0.687. The summed E-state index contributed by atoms with van der Waals surface area (Å²) in [6.45, 7) is 4.25. The second-order valence-corrected chi connectivity index (χ2v) is 20.0. The minimum atomic E-state index is -0.672. The molecule has 0 aromatic carbocycles. The summed E-state index contributed by atoms with van der Waals surface area (Å²) in [5, 5.41) is 23.4. The first-order valence-corrected chi connectivity index (χ1v) is 30.2. The first kappa shape index (κ1) is 67.8. The Hall–Kier alpha value is -3.21. The smallest absolute Gasteiger partial charge is 0.220 e. The summed E-state index contributed by atoms with van der Waals surface area (Å²) in [5.74, 6) is -0.0423. The fourth-order valence-corrected chi connectivity index (χ4v) is 8.68. The molecule has 0 saturated carbocycles. The highest BCUT2D eigenvalue weighted by atomic mass is 16.3. The number of allylic oxidation sites excluding steroid dienone is 20. The Morgan fingerprint density at radius 1 is 0.352 bits per heavy atom. The third-order valence-electron chi connectivity index (χ3n) is 13.2. The van der Waals surface area contributed by atoms with Gasteiger partial charge in [-0.15, -0.1) is 0 Å². The molecule has 0 radical (unpaired) electrons. The number of carbonyl (C=O) groups excluding carboxylic acids is 1. The van der Waals surface area contributed by atoms with Crippen LogP contribution in [0.1, 0.15) is 277 Å². The maximum Gasteiger partial charge on any atom is 0.220 e. The summed E-state index contributed by atoms with van der Waals surface area (Å²) in [4.78, 5) is 12.5. The first-order valence-electron chi connectivity index (χ1n) is 30.2. The van der Waals surface area contributed by atoms with Crippen molar-refractivity contribution in [3.63, 3.8) is 0 Å². The van der Waals surface area contributed by atoms with E-state index in [-0.39, 0.29) is 12.5 Å². The summed E-state index contributed by atoms with van der Waals surface area (Å²) >= 11 is 0. The van der Waals surface area contributed by atoms with Crippen molar-refractivity contribution in [3.8, 4) is 0 Å². The molecular formula is C67H115NO3. The van der Waals surface area contributed by atoms with Crippen LogP contribution in [0.2, 0.25) is 0 Å². The van der Waals surface area contributed by atoms with Crippen LogP contribution in [0, 0.1) is 0 Å². The van der Waals surface area contributed by atoms with Crippen molar-refractivity contribution >= 4 is 5.91 Å². The van der Waals surface area contributed by atoms with Gasteiger partial charge in [-0.3, -0.25) is 4.79 Å². The standard InChI is InChI=1S/C67H115NO3/c1-3-5-7-9-11-13-15-17-19-21-23-25-26-27-28-29-30-31-32-33-34-35-36-37-38-39-40-41-42-43-45-47-49-51-53-55-57-59-61-63-67(71)68-65(64-69)66(70)62-60-58-56-54-52-50-48-46-44-24-22-20-18-16-14-12-10-8-6-4-2/h5,7,11,13,17,19,23,25,27-28,30-31,33-34,36-37,39-40,42-43,65-66,69-70H,3-4,6,8-10,12,14-16,18,20-22,24,26,29,32,35,38,41,44-64H2,1-2H3,(H,68,71)/b7-5-,13-11-,19-17-,25-23-,28-27-,31-30-,34-33-,37-36-,40-39-,43-42-. The van der Waals surface area contributed by atoms with Gasteiger partial charge in [-0.05, 0) is 89.9 Å². The van der Waals surface area contributed by atoms with Crippen molar-refractivity contribution in [1.29, 1.82) is 0 Å². The molecule has 0 aliphatic rings. The molecule has 0 saturated heterocycles. The van der Waals surface area contributed by atoms with E-state index in [1.165, 1.54) is 154 Å². The molecule has 0 aliphatic carbocycles. The lowest BCUT2D eigenvalue weighted by Gasteiger charge is -2.22. The molecule has 0 heterocycles.